The first-order chi connectivity index (χ1) is 5.85. The Morgan fingerprint density at radius 2 is 2.00 bits per heavy atom. The summed E-state index contributed by atoms with van der Waals surface area (Å²) in [5, 5.41) is 0. The molecule has 78 valence electrons. The van der Waals surface area contributed by atoms with Crippen molar-refractivity contribution in [2.75, 3.05) is 5.88 Å². The fourth-order valence-electron chi connectivity index (χ4n) is 0.912. The Morgan fingerprint density at radius 3 is 2.38 bits per heavy atom. The predicted octanol–water partition coefficient (Wildman–Crippen LogP) is 2.98. The van der Waals surface area contributed by atoms with Crippen molar-refractivity contribution in [1.82, 2.24) is 0 Å². The Hall–Kier alpha value is -0.240. The maximum Gasteiger partial charge on any atom is 0.306 e. The summed E-state index contributed by atoms with van der Waals surface area (Å²) >= 11 is 5.52. The summed E-state index contributed by atoms with van der Waals surface area (Å²) in [6, 6.07) is 0. The van der Waals surface area contributed by atoms with Gasteiger partial charge in [0.1, 0.15) is 6.10 Å². The molecule has 0 spiro atoms. The van der Waals surface area contributed by atoms with Crippen LogP contribution < -0.4 is 0 Å². The topological polar surface area (TPSA) is 26.3 Å². The van der Waals surface area contributed by atoms with E-state index in [1.54, 1.807) is 0 Å². The molecule has 0 aromatic heterocycles. The highest BCUT2D eigenvalue weighted by atomic mass is 35.5. The van der Waals surface area contributed by atoms with Gasteiger partial charge in [-0.25, -0.2) is 0 Å². The number of hydrogen-bond donors (Lipinski definition) is 0. The van der Waals surface area contributed by atoms with E-state index in [9.17, 15) is 4.79 Å². The van der Waals surface area contributed by atoms with Gasteiger partial charge >= 0.3 is 5.97 Å². The maximum absolute atomic E-state index is 11.3. The third-order valence-corrected chi connectivity index (χ3v) is 1.74. The lowest BCUT2D eigenvalue weighted by Crippen LogP contribution is -2.20. The molecule has 0 aromatic carbocycles. The van der Waals surface area contributed by atoms with Gasteiger partial charge in [-0.1, -0.05) is 20.8 Å². The fourth-order valence-corrected chi connectivity index (χ4v) is 1.22. The van der Waals surface area contributed by atoms with Crippen LogP contribution in [0, 0.1) is 5.41 Å². The highest BCUT2D eigenvalue weighted by Gasteiger charge is 2.18. The van der Waals surface area contributed by atoms with Crippen LogP contribution in [0.3, 0.4) is 0 Å². The van der Waals surface area contributed by atoms with Crippen LogP contribution in [0.5, 0.6) is 0 Å². The summed E-state index contributed by atoms with van der Waals surface area (Å²) in [7, 11) is 0. The van der Waals surface area contributed by atoms with Crippen LogP contribution in [-0.4, -0.2) is 18.0 Å². The minimum absolute atomic E-state index is 0.00221. The van der Waals surface area contributed by atoms with Crippen molar-refractivity contribution >= 4 is 17.6 Å². The zero-order chi connectivity index (χ0) is 10.5. The minimum Gasteiger partial charge on any atom is -0.463 e. The van der Waals surface area contributed by atoms with Crippen LogP contribution >= 0.6 is 11.6 Å². The first-order valence-corrected chi connectivity index (χ1v) is 5.14. The summed E-state index contributed by atoms with van der Waals surface area (Å²) < 4.78 is 5.14. The van der Waals surface area contributed by atoms with Gasteiger partial charge in [0.25, 0.3) is 0 Å². The van der Waals surface area contributed by atoms with Crippen LogP contribution in [-0.2, 0) is 9.53 Å². The molecular weight excluding hydrogens is 188 g/mol. The third kappa shape index (κ3) is 8.10. The number of rotatable bonds is 4. The SMILES string of the molecule is CC(CCCl)OC(=O)CC(C)(C)C. The van der Waals surface area contributed by atoms with E-state index in [4.69, 9.17) is 16.3 Å². The van der Waals surface area contributed by atoms with Gasteiger partial charge in [0.15, 0.2) is 0 Å². The third-order valence-electron chi connectivity index (χ3n) is 1.52. The Balaban J connectivity index is 3.74. The van der Waals surface area contributed by atoms with Crippen LogP contribution in [0.15, 0.2) is 0 Å². The highest BCUT2D eigenvalue weighted by molar-refractivity contribution is 6.17. The lowest BCUT2D eigenvalue weighted by molar-refractivity contribution is -0.150. The summed E-state index contributed by atoms with van der Waals surface area (Å²) in [5.41, 5.74) is -0.00221. The van der Waals surface area contributed by atoms with E-state index in [-0.39, 0.29) is 17.5 Å². The molecule has 13 heavy (non-hydrogen) atoms. The molecule has 0 aliphatic rings. The van der Waals surface area contributed by atoms with Gasteiger partial charge in [0.05, 0.1) is 6.42 Å². The molecule has 0 aromatic rings. The number of alkyl halides is 1. The second-order valence-corrected chi connectivity index (χ2v) is 4.89. The van der Waals surface area contributed by atoms with E-state index in [1.807, 2.05) is 27.7 Å². The van der Waals surface area contributed by atoms with Crippen molar-refractivity contribution < 1.29 is 9.53 Å². The number of ether oxygens (including phenoxy) is 1. The van der Waals surface area contributed by atoms with Crippen molar-refractivity contribution in [1.29, 1.82) is 0 Å². The van der Waals surface area contributed by atoms with Gasteiger partial charge in [0, 0.05) is 5.88 Å². The largest absolute Gasteiger partial charge is 0.463 e. The van der Waals surface area contributed by atoms with E-state index >= 15 is 0 Å². The van der Waals surface area contributed by atoms with Crippen molar-refractivity contribution in [3.63, 3.8) is 0 Å². The molecule has 0 N–H and O–H groups in total. The molecule has 0 bridgehead atoms. The van der Waals surface area contributed by atoms with Crippen molar-refractivity contribution in [2.45, 2.75) is 46.6 Å². The van der Waals surface area contributed by atoms with E-state index in [0.717, 1.165) is 6.42 Å². The average Bonchev–Trinajstić information content (AvgIpc) is 1.81. The van der Waals surface area contributed by atoms with E-state index in [0.29, 0.717) is 12.3 Å². The molecule has 0 rings (SSSR count). The summed E-state index contributed by atoms with van der Waals surface area (Å²) in [6.45, 7) is 7.91. The Kier molecular flexibility index (Phi) is 5.38. The highest BCUT2D eigenvalue weighted by Crippen LogP contribution is 2.19. The smallest absolute Gasteiger partial charge is 0.306 e. The normalized spacial score (nSPS) is 13.9. The molecule has 0 fully saturated rings. The summed E-state index contributed by atoms with van der Waals surface area (Å²) in [6.07, 6.45) is 1.12. The second-order valence-electron chi connectivity index (χ2n) is 4.52. The predicted molar refractivity (Wildman–Crippen MR) is 55.0 cm³/mol. The molecule has 0 saturated carbocycles. The van der Waals surface area contributed by atoms with Gasteiger partial charge in [0.2, 0.25) is 0 Å². The maximum atomic E-state index is 11.3. The first-order valence-electron chi connectivity index (χ1n) is 4.60. The molecule has 1 atom stereocenters. The molecule has 0 aliphatic heterocycles. The number of halogens is 1. The van der Waals surface area contributed by atoms with Crippen LogP contribution in [0.1, 0.15) is 40.5 Å². The fraction of sp³-hybridized carbons (Fsp3) is 0.900. The van der Waals surface area contributed by atoms with Gasteiger partial charge < -0.3 is 4.74 Å². The van der Waals surface area contributed by atoms with Crippen molar-refractivity contribution in [2.24, 2.45) is 5.41 Å². The standard InChI is InChI=1S/C10H19ClO2/c1-8(5-6-11)13-9(12)7-10(2,3)4/h8H,5-7H2,1-4H3. The van der Waals surface area contributed by atoms with E-state index in [2.05, 4.69) is 0 Å². The quantitative estimate of drug-likeness (QED) is 0.522. The van der Waals surface area contributed by atoms with Crippen LogP contribution in [0.2, 0.25) is 0 Å². The molecule has 0 aliphatic carbocycles. The van der Waals surface area contributed by atoms with Crippen LogP contribution in [0.25, 0.3) is 0 Å². The number of esters is 1. The average molecular weight is 207 g/mol. The molecule has 2 nitrogen and oxygen atoms in total. The molecule has 3 heteroatoms. The Morgan fingerprint density at radius 1 is 1.46 bits per heavy atom. The molecule has 0 radical (unpaired) electrons. The molecule has 0 amide bonds. The summed E-state index contributed by atoms with van der Waals surface area (Å²) in [5.74, 6) is 0.398. The number of hydrogen-bond acceptors (Lipinski definition) is 2. The number of carbonyl (C=O) groups excluding carboxylic acids is 1. The van der Waals surface area contributed by atoms with E-state index in [1.165, 1.54) is 0 Å². The van der Waals surface area contributed by atoms with Crippen LogP contribution in [0.4, 0.5) is 0 Å². The van der Waals surface area contributed by atoms with Gasteiger partial charge in [-0.15, -0.1) is 11.6 Å². The first kappa shape index (κ1) is 12.8. The van der Waals surface area contributed by atoms with Gasteiger partial charge in [-0.2, -0.15) is 0 Å². The van der Waals surface area contributed by atoms with Crippen molar-refractivity contribution in [3.8, 4) is 0 Å². The van der Waals surface area contributed by atoms with Gasteiger partial charge in [-0.05, 0) is 18.8 Å². The zero-order valence-corrected chi connectivity index (χ0v) is 9.65. The Labute approximate surface area is 85.6 Å². The summed E-state index contributed by atoms with van der Waals surface area (Å²) in [4.78, 5) is 11.3. The zero-order valence-electron chi connectivity index (χ0n) is 8.89. The monoisotopic (exact) mass is 206 g/mol. The molecular formula is C10H19ClO2. The second kappa shape index (κ2) is 5.48. The molecule has 0 heterocycles. The lowest BCUT2D eigenvalue weighted by Gasteiger charge is -2.18. The molecule has 1 unspecified atom stereocenters. The lowest BCUT2D eigenvalue weighted by atomic mass is 9.92. The minimum atomic E-state index is -0.134. The van der Waals surface area contributed by atoms with Crippen molar-refractivity contribution in [3.05, 3.63) is 0 Å². The van der Waals surface area contributed by atoms with E-state index < -0.39 is 0 Å². The molecule has 0 saturated heterocycles. The Bertz CT molecular complexity index is 161. The number of carbonyl (C=O) groups is 1. The van der Waals surface area contributed by atoms with Gasteiger partial charge in [-0.3, -0.25) is 4.79 Å².